The van der Waals surface area contributed by atoms with Crippen molar-refractivity contribution in [2.75, 3.05) is 17.2 Å². The zero-order chi connectivity index (χ0) is 15.7. The normalized spacial score (nSPS) is 18.1. The molecule has 1 fully saturated rings. The summed E-state index contributed by atoms with van der Waals surface area (Å²) >= 11 is 1.04. The van der Waals surface area contributed by atoms with Crippen molar-refractivity contribution in [1.82, 2.24) is 0 Å². The maximum Gasteiger partial charge on any atom is 0.306 e. The number of amides is 1. The summed E-state index contributed by atoms with van der Waals surface area (Å²) in [5.41, 5.74) is 4.98. The number of nitrogen functional groups attached to an aromatic ring is 1. The van der Waals surface area contributed by atoms with E-state index in [1.165, 1.54) is 11.8 Å². The molecule has 1 aliphatic heterocycles. The minimum atomic E-state index is -1.06. The molecule has 9 heteroatoms. The maximum atomic E-state index is 13.7. The third kappa shape index (κ3) is 3.13. The molecule has 1 aromatic carbocycles. The average molecular weight is 313 g/mol. The van der Waals surface area contributed by atoms with Crippen LogP contribution in [0, 0.1) is 15.9 Å². The van der Waals surface area contributed by atoms with Crippen LogP contribution in [-0.4, -0.2) is 27.7 Å². The summed E-state index contributed by atoms with van der Waals surface area (Å²) in [6.07, 6.45) is 0.141. The van der Waals surface area contributed by atoms with Crippen LogP contribution in [0.15, 0.2) is 12.1 Å². The molecule has 2 rings (SSSR count). The van der Waals surface area contributed by atoms with E-state index in [1.54, 1.807) is 0 Å². The van der Waals surface area contributed by atoms with Crippen LogP contribution in [0.4, 0.5) is 21.5 Å². The molecule has 0 radical (unpaired) electrons. The van der Waals surface area contributed by atoms with Crippen molar-refractivity contribution in [2.24, 2.45) is 0 Å². The Morgan fingerprint density at radius 1 is 1.57 bits per heavy atom. The first-order valence-corrected chi connectivity index (χ1v) is 6.88. The molecule has 0 spiro atoms. The highest BCUT2D eigenvalue weighted by molar-refractivity contribution is 8.14. The summed E-state index contributed by atoms with van der Waals surface area (Å²) in [6.45, 7) is 1.61. The number of thioether (sulfide) groups is 1. The summed E-state index contributed by atoms with van der Waals surface area (Å²) in [5.74, 6) is -1.35. The predicted molar refractivity (Wildman–Crippen MR) is 76.5 cm³/mol. The van der Waals surface area contributed by atoms with Gasteiger partial charge in [0.1, 0.15) is 0 Å². The number of halogens is 1. The number of carbonyl (C=O) groups excluding carboxylic acids is 2. The molecule has 1 unspecified atom stereocenters. The molecule has 2 N–H and O–H groups in total. The zero-order valence-corrected chi connectivity index (χ0v) is 11.9. The van der Waals surface area contributed by atoms with Crippen molar-refractivity contribution in [3.05, 3.63) is 28.1 Å². The number of anilines is 2. The number of hydrogen-bond acceptors (Lipinski definition) is 6. The van der Waals surface area contributed by atoms with E-state index >= 15 is 0 Å². The summed E-state index contributed by atoms with van der Waals surface area (Å²) < 4.78 is 13.7. The third-order valence-electron chi connectivity index (χ3n) is 3.01. The van der Waals surface area contributed by atoms with Gasteiger partial charge < -0.3 is 10.6 Å². The first-order valence-electron chi connectivity index (χ1n) is 6.00. The van der Waals surface area contributed by atoms with E-state index in [1.807, 2.05) is 0 Å². The van der Waals surface area contributed by atoms with E-state index in [-0.39, 0.29) is 40.6 Å². The SMILES string of the molecule is CC(=O)SC1CC(=O)N(c2cc(F)c([N+](=O)[O-])cc2N)C1. The molecule has 0 bridgehead atoms. The third-order valence-corrected chi connectivity index (χ3v) is 3.99. The van der Waals surface area contributed by atoms with Gasteiger partial charge in [-0.1, -0.05) is 11.8 Å². The molecule has 21 heavy (non-hydrogen) atoms. The van der Waals surface area contributed by atoms with Gasteiger partial charge in [-0.15, -0.1) is 0 Å². The van der Waals surface area contributed by atoms with E-state index in [4.69, 9.17) is 5.73 Å². The highest BCUT2D eigenvalue weighted by atomic mass is 32.2. The topological polar surface area (TPSA) is 107 Å². The lowest BCUT2D eigenvalue weighted by Crippen LogP contribution is -2.26. The molecule has 1 saturated heterocycles. The molecule has 1 aliphatic rings. The van der Waals surface area contributed by atoms with Crippen molar-refractivity contribution >= 4 is 39.8 Å². The predicted octanol–water partition coefficient (Wildman–Crippen LogP) is 1.70. The second-order valence-electron chi connectivity index (χ2n) is 4.56. The van der Waals surface area contributed by atoms with Crippen LogP contribution in [0.2, 0.25) is 0 Å². The zero-order valence-electron chi connectivity index (χ0n) is 11.0. The highest BCUT2D eigenvalue weighted by Crippen LogP contribution is 2.35. The van der Waals surface area contributed by atoms with Crippen LogP contribution in [0.5, 0.6) is 0 Å². The van der Waals surface area contributed by atoms with Crippen LogP contribution in [0.1, 0.15) is 13.3 Å². The van der Waals surface area contributed by atoms with Crippen LogP contribution >= 0.6 is 11.8 Å². The van der Waals surface area contributed by atoms with Crippen molar-refractivity contribution in [3.63, 3.8) is 0 Å². The minimum absolute atomic E-state index is 0.0510. The Kier molecular flexibility index (Phi) is 4.12. The second kappa shape index (κ2) is 5.68. The lowest BCUT2D eigenvalue weighted by atomic mass is 10.2. The molecule has 112 valence electrons. The molecular formula is C12H12FN3O4S. The molecule has 1 heterocycles. The van der Waals surface area contributed by atoms with Gasteiger partial charge in [-0.25, -0.2) is 0 Å². The van der Waals surface area contributed by atoms with Crippen LogP contribution in [0.3, 0.4) is 0 Å². The van der Waals surface area contributed by atoms with Crippen molar-refractivity contribution < 1.29 is 18.9 Å². The Labute approximate surface area is 123 Å². The highest BCUT2D eigenvalue weighted by Gasteiger charge is 2.34. The van der Waals surface area contributed by atoms with Crippen LogP contribution < -0.4 is 10.6 Å². The smallest absolute Gasteiger partial charge is 0.306 e. The molecule has 1 amide bonds. The van der Waals surface area contributed by atoms with Gasteiger partial charge in [-0.2, -0.15) is 4.39 Å². The molecular weight excluding hydrogens is 301 g/mol. The Morgan fingerprint density at radius 2 is 2.24 bits per heavy atom. The van der Waals surface area contributed by atoms with Gasteiger partial charge in [0.25, 0.3) is 0 Å². The Hall–Kier alpha value is -2.16. The van der Waals surface area contributed by atoms with Crippen LogP contribution in [-0.2, 0) is 9.59 Å². The summed E-state index contributed by atoms with van der Waals surface area (Å²) in [6, 6.07) is 1.77. The van der Waals surface area contributed by atoms with Gasteiger partial charge in [-0.3, -0.25) is 19.7 Å². The van der Waals surface area contributed by atoms with Crippen molar-refractivity contribution in [3.8, 4) is 0 Å². The Bertz CT molecular complexity index is 637. The number of nitrogens with zero attached hydrogens (tertiary/aromatic N) is 2. The Morgan fingerprint density at radius 3 is 2.81 bits per heavy atom. The van der Waals surface area contributed by atoms with Crippen LogP contribution in [0.25, 0.3) is 0 Å². The van der Waals surface area contributed by atoms with Gasteiger partial charge >= 0.3 is 5.69 Å². The Balaban J connectivity index is 2.30. The number of benzene rings is 1. The largest absolute Gasteiger partial charge is 0.397 e. The van der Waals surface area contributed by atoms with E-state index in [2.05, 4.69) is 0 Å². The van der Waals surface area contributed by atoms with Crippen molar-refractivity contribution in [1.29, 1.82) is 0 Å². The van der Waals surface area contributed by atoms with E-state index in [9.17, 15) is 24.1 Å². The standard InChI is InChI=1S/C12H12FN3O4S/c1-6(17)21-7-2-12(18)15(5-7)11-3-8(13)10(16(19)20)4-9(11)14/h3-4,7H,2,5,14H2,1H3. The molecule has 0 aromatic heterocycles. The number of hydrogen-bond donors (Lipinski definition) is 1. The molecule has 0 aliphatic carbocycles. The maximum absolute atomic E-state index is 13.7. The summed E-state index contributed by atoms with van der Waals surface area (Å²) in [7, 11) is 0. The fraction of sp³-hybridized carbons (Fsp3) is 0.333. The monoisotopic (exact) mass is 313 g/mol. The second-order valence-corrected chi connectivity index (χ2v) is 6.04. The lowest BCUT2D eigenvalue weighted by molar-refractivity contribution is -0.387. The summed E-state index contributed by atoms with van der Waals surface area (Å²) in [4.78, 5) is 34.0. The van der Waals surface area contributed by atoms with Gasteiger partial charge in [0.05, 0.1) is 16.3 Å². The van der Waals surface area contributed by atoms with E-state index < -0.39 is 16.4 Å². The number of nitro benzene ring substituents is 1. The molecule has 7 nitrogen and oxygen atoms in total. The minimum Gasteiger partial charge on any atom is -0.397 e. The molecule has 0 saturated carbocycles. The number of carbonyl (C=O) groups is 2. The van der Waals surface area contributed by atoms with Gasteiger partial charge in [0.2, 0.25) is 11.7 Å². The van der Waals surface area contributed by atoms with Gasteiger partial charge in [0.15, 0.2) is 5.12 Å². The summed E-state index contributed by atoms with van der Waals surface area (Å²) in [5, 5.41) is 10.3. The first kappa shape index (κ1) is 15.2. The fourth-order valence-electron chi connectivity index (χ4n) is 2.16. The van der Waals surface area contributed by atoms with Gasteiger partial charge in [0, 0.05) is 37.3 Å². The first-order chi connectivity index (χ1) is 9.79. The lowest BCUT2D eigenvalue weighted by Gasteiger charge is -2.18. The van der Waals surface area contributed by atoms with Gasteiger partial charge in [-0.05, 0) is 0 Å². The fourth-order valence-corrected chi connectivity index (χ4v) is 3.08. The van der Waals surface area contributed by atoms with E-state index in [0.29, 0.717) is 0 Å². The van der Waals surface area contributed by atoms with E-state index in [0.717, 1.165) is 23.9 Å². The molecule has 1 aromatic rings. The van der Waals surface area contributed by atoms with Crippen molar-refractivity contribution in [2.45, 2.75) is 18.6 Å². The average Bonchev–Trinajstić information content (AvgIpc) is 2.71. The number of nitro groups is 1. The number of nitrogens with two attached hydrogens (primary N) is 1. The number of rotatable bonds is 3. The molecule has 1 atom stereocenters. The quantitative estimate of drug-likeness (QED) is 0.517.